The lowest BCUT2D eigenvalue weighted by molar-refractivity contribution is 0.356. The minimum Gasteiger partial charge on any atom is -0.493 e. The summed E-state index contributed by atoms with van der Waals surface area (Å²) in [5.74, 6) is 1.72. The number of aryl methyl sites for hydroxylation is 1. The summed E-state index contributed by atoms with van der Waals surface area (Å²) in [6.07, 6.45) is 0. The summed E-state index contributed by atoms with van der Waals surface area (Å²) >= 11 is 12.2. The fourth-order valence-electron chi connectivity index (χ4n) is 2.38. The van der Waals surface area contributed by atoms with E-state index < -0.39 is 0 Å². The molecule has 0 bridgehead atoms. The molecule has 2 aromatic carbocycles. The number of nitrogens with zero attached hydrogens (tertiary/aromatic N) is 2. The van der Waals surface area contributed by atoms with E-state index in [4.69, 9.17) is 32.7 Å². The van der Waals surface area contributed by atoms with Crippen LogP contribution >= 0.6 is 23.2 Å². The zero-order valence-electron chi connectivity index (χ0n) is 13.4. The van der Waals surface area contributed by atoms with Gasteiger partial charge in [-0.05, 0) is 42.3 Å². The highest BCUT2D eigenvalue weighted by Crippen LogP contribution is 2.36. The van der Waals surface area contributed by atoms with Crippen LogP contribution in [0.4, 0.5) is 11.5 Å². The van der Waals surface area contributed by atoms with Crippen LogP contribution in [0.2, 0.25) is 10.3 Å². The Morgan fingerprint density at radius 1 is 0.958 bits per heavy atom. The SMILES string of the molecule is COc1cc2nc(Cl)nc(Nc3cc(Cl)ccc3C)c2cc1OC. The van der Waals surface area contributed by atoms with Crippen LogP contribution in [0.25, 0.3) is 10.9 Å². The van der Waals surface area contributed by atoms with E-state index >= 15 is 0 Å². The third-order valence-corrected chi connectivity index (χ3v) is 4.03. The van der Waals surface area contributed by atoms with Gasteiger partial charge in [-0.2, -0.15) is 4.98 Å². The molecule has 1 N–H and O–H groups in total. The normalized spacial score (nSPS) is 10.7. The Morgan fingerprint density at radius 3 is 2.38 bits per heavy atom. The predicted octanol–water partition coefficient (Wildman–Crippen LogP) is 5.01. The molecule has 24 heavy (non-hydrogen) atoms. The molecule has 7 heteroatoms. The lowest BCUT2D eigenvalue weighted by Crippen LogP contribution is -2.00. The number of hydrogen-bond acceptors (Lipinski definition) is 5. The smallest absolute Gasteiger partial charge is 0.224 e. The lowest BCUT2D eigenvalue weighted by Gasteiger charge is -2.14. The summed E-state index contributed by atoms with van der Waals surface area (Å²) in [7, 11) is 3.15. The van der Waals surface area contributed by atoms with Gasteiger partial charge in [0.15, 0.2) is 11.5 Å². The van der Waals surface area contributed by atoms with Crippen LogP contribution in [0.3, 0.4) is 0 Å². The van der Waals surface area contributed by atoms with Crippen molar-refractivity contribution in [1.29, 1.82) is 0 Å². The van der Waals surface area contributed by atoms with E-state index in [0.29, 0.717) is 27.9 Å². The largest absolute Gasteiger partial charge is 0.493 e. The maximum Gasteiger partial charge on any atom is 0.224 e. The molecule has 0 aliphatic heterocycles. The van der Waals surface area contributed by atoms with Crippen molar-refractivity contribution in [2.75, 3.05) is 19.5 Å². The van der Waals surface area contributed by atoms with Crippen molar-refractivity contribution in [2.24, 2.45) is 0 Å². The summed E-state index contributed by atoms with van der Waals surface area (Å²) < 4.78 is 10.7. The quantitative estimate of drug-likeness (QED) is 0.660. The summed E-state index contributed by atoms with van der Waals surface area (Å²) in [4.78, 5) is 8.56. The highest BCUT2D eigenvalue weighted by molar-refractivity contribution is 6.31. The van der Waals surface area contributed by atoms with Gasteiger partial charge in [-0.25, -0.2) is 4.98 Å². The zero-order chi connectivity index (χ0) is 17.3. The highest BCUT2D eigenvalue weighted by atomic mass is 35.5. The maximum atomic E-state index is 6.08. The van der Waals surface area contributed by atoms with Crippen molar-refractivity contribution in [3.8, 4) is 11.5 Å². The van der Waals surface area contributed by atoms with Crippen molar-refractivity contribution >= 4 is 45.6 Å². The summed E-state index contributed by atoms with van der Waals surface area (Å²) in [5, 5.41) is 4.80. The molecule has 1 heterocycles. The molecule has 0 atom stereocenters. The van der Waals surface area contributed by atoms with Crippen molar-refractivity contribution in [3.63, 3.8) is 0 Å². The fraction of sp³-hybridized carbons (Fsp3) is 0.176. The van der Waals surface area contributed by atoms with Crippen molar-refractivity contribution in [1.82, 2.24) is 9.97 Å². The molecular formula is C17H15Cl2N3O2. The molecule has 0 fully saturated rings. The van der Waals surface area contributed by atoms with Crippen LogP contribution in [0, 0.1) is 6.92 Å². The molecule has 0 saturated heterocycles. The molecule has 0 radical (unpaired) electrons. The lowest BCUT2D eigenvalue weighted by atomic mass is 10.1. The van der Waals surface area contributed by atoms with Crippen LogP contribution in [0.1, 0.15) is 5.56 Å². The molecule has 5 nitrogen and oxygen atoms in total. The molecule has 0 aliphatic carbocycles. The average Bonchev–Trinajstić information content (AvgIpc) is 2.56. The van der Waals surface area contributed by atoms with E-state index in [1.807, 2.05) is 31.2 Å². The Hall–Kier alpha value is -2.24. The van der Waals surface area contributed by atoms with E-state index in [-0.39, 0.29) is 5.28 Å². The second-order valence-electron chi connectivity index (χ2n) is 5.15. The van der Waals surface area contributed by atoms with Crippen LogP contribution in [-0.4, -0.2) is 24.2 Å². The Morgan fingerprint density at radius 2 is 1.67 bits per heavy atom. The second-order valence-corrected chi connectivity index (χ2v) is 5.92. The average molecular weight is 364 g/mol. The van der Waals surface area contributed by atoms with Gasteiger partial charge in [0.2, 0.25) is 5.28 Å². The van der Waals surface area contributed by atoms with Gasteiger partial charge >= 0.3 is 0 Å². The first-order valence-electron chi connectivity index (χ1n) is 7.14. The van der Waals surface area contributed by atoms with E-state index in [1.165, 1.54) is 0 Å². The third kappa shape index (κ3) is 3.18. The Labute approximate surface area is 149 Å². The highest BCUT2D eigenvalue weighted by Gasteiger charge is 2.13. The number of hydrogen-bond donors (Lipinski definition) is 1. The summed E-state index contributed by atoms with van der Waals surface area (Å²) in [6, 6.07) is 9.17. The molecule has 3 rings (SSSR count). The van der Waals surface area contributed by atoms with Crippen LogP contribution < -0.4 is 14.8 Å². The third-order valence-electron chi connectivity index (χ3n) is 3.63. The molecule has 0 saturated carbocycles. The molecule has 0 unspecified atom stereocenters. The number of benzene rings is 2. The first-order valence-corrected chi connectivity index (χ1v) is 7.90. The van der Waals surface area contributed by atoms with Crippen molar-refractivity contribution < 1.29 is 9.47 Å². The minimum absolute atomic E-state index is 0.136. The van der Waals surface area contributed by atoms with Gasteiger partial charge in [0.1, 0.15) is 5.82 Å². The number of aromatic nitrogens is 2. The van der Waals surface area contributed by atoms with Gasteiger partial charge in [-0.3, -0.25) is 0 Å². The zero-order valence-corrected chi connectivity index (χ0v) is 14.9. The predicted molar refractivity (Wildman–Crippen MR) is 97.1 cm³/mol. The number of halogens is 2. The minimum atomic E-state index is 0.136. The first-order chi connectivity index (χ1) is 11.5. The van der Waals surface area contributed by atoms with Crippen LogP contribution in [0.15, 0.2) is 30.3 Å². The second kappa shape index (κ2) is 6.71. The van der Waals surface area contributed by atoms with Gasteiger partial charge in [0, 0.05) is 22.2 Å². The van der Waals surface area contributed by atoms with Crippen LogP contribution in [-0.2, 0) is 0 Å². The molecule has 3 aromatic rings. The molecule has 0 spiro atoms. The van der Waals surface area contributed by atoms with E-state index in [9.17, 15) is 0 Å². The monoisotopic (exact) mass is 363 g/mol. The Balaban J connectivity index is 2.17. The molecule has 0 aliphatic rings. The number of nitrogens with one attached hydrogen (secondary N) is 1. The van der Waals surface area contributed by atoms with Crippen LogP contribution in [0.5, 0.6) is 11.5 Å². The van der Waals surface area contributed by atoms with Gasteiger partial charge in [0.05, 0.1) is 19.7 Å². The first kappa shape index (κ1) is 16.6. The number of ether oxygens (including phenoxy) is 2. The summed E-state index contributed by atoms with van der Waals surface area (Å²) in [5.41, 5.74) is 2.52. The number of anilines is 2. The molecular weight excluding hydrogens is 349 g/mol. The topological polar surface area (TPSA) is 56.3 Å². The van der Waals surface area contributed by atoms with E-state index in [2.05, 4.69) is 15.3 Å². The molecule has 0 amide bonds. The molecule has 124 valence electrons. The van der Waals surface area contributed by atoms with E-state index in [0.717, 1.165) is 16.6 Å². The Kier molecular flexibility index (Phi) is 4.64. The maximum absolute atomic E-state index is 6.08. The fourth-order valence-corrected chi connectivity index (χ4v) is 2.73. The number of rotatable bonds is 4. The van der Waals surface area contributed by atoms with Gasteiger partial charge in [0.25, 0.3) is 0 Å². The van der Waals surface area contributed by atoms with Gasteiger partial charge in [-0.1, -0.05) is 17.7 Å². The number of fused-ring (bicyclic) bond motifs is 1. The summed E-state index contributed by atoms with van der Waals surface area (Å²) in [6.45, 7) is 1.98. The van der Waals surface area contributed by atoms with Crippen molar-refractivity contribution in [2.45, 2.75) is 6.92 Å². The van der Waals surface area contributed by atoms with E-state index in [1.54, 1.807) is 20.3 Å². The standard InChI is InChI=1S/C17H15Cl2N3O2/c1-9-4-5-10(18)6-12(9)20-16-11-7-14(23-2)15(24-3)8-13(11)21-17(19)22-16/h4-8H,1-3H3,(H,20,21,22). The Bertz CT molecular complexity index is 916. The van der Waals surface area contributed by atoms with Crippen molar-refractivity contribution in [3.05, 3.63) is 46.2 Å². The van der Waals surface area contributed by atoms with Gasteiger partial charge in [-0.15, -0.1) is 0 Å². The number of methoxy groups -OCH3 is 2. The molecule has 1 aromatic heterocycles. The van der Waals surface area contributed by atoms with Gasteiger partial charge < -0.3 is 14.8 Å².